The van der Waals surface area contributed by atoms with Gasteiger partial charge in [-0.15, -0.1) is 0 Å². The van der Waals surface area contributed by atoms with Gasteiger partial charge in [0.05, 0.1) is 5.69 Å². The molecule has 0 aromatic heterocycles. The van der Waals surface area contributed by atoms with Gasteiger partial charge in [-0.05, 0) is 56.1 Å². The van der Waals surface area contributed by atoms with Gasteiger partial charge >= 0.3 is 0 Å². The minimum absolute atomic E-state index is 0.0434. The number of aromatic hydroxyl groups is 1. The molecule has 0 bridgehead atoms. The summed E-state index contributed by atoms with van der Waals surface area (Å²) in [5.74, 6) is 0.400. The molecule has 0 saturated carbocycles. The van der Waals surface area contributed by atoms with Crippen molar-refractivity contribution in [1.82, 2.24) is 0 Å². The molecule has 1 aromatic rings. The van der Waals surface area contributed by atoms with E-state index in [4.69, 9.17) is 0 Å². The maximum absolute atomic E-state index is 10.8. The summed E-state index contributed by atoms with van der Waals surface area (Å²) < 4.78 is 0. The van der Waals surface area contributed by atoms with Crippen molar-refractivity contribution in [2.45, 2.75) is 91.5 Å². The number of hydrogen-bond donors (Lipinski definition) is 2. The van der Waals surface area contributed by atoms with Crippen LogP contribution in [0.2, 0.25) is 0 Å². The molecular formula is C20H35NO. The number of nitrogens with one attached hydrogen (secondary N) is 1. The lowest BCUT2D eigenvalue weighted by Crippen LogP contribution is -2.28. The second-order valence-corrected chi connectivity index (χ2v) is 8.77. The number of anilines is 1. The fourth-order valence-corrected chi connectivity index (χ4v) is 2.43. The summed E-state index contributed by atoms with van der Waals surface area (Å²) in [7, 11) is 0. The summed E-state index contributed by atoms with van der Waals surface area (Å²) in [5.41, 5.74) is 3.15. The Balaban J connectivity index is 3.57. The lowest BCUT2D eigenvalue weighted by Gasteiger charge is -2.32. The van der Waals surface area contributed by atoms with Crippen molar-refractivity contribution in [3.8, 4) is 5.75 Å². The Bertz CT molecular complexity index is 521. The van der Waals surface area contributed by atoms with E-state index in [-0.39, 0.29) is 16.4 Å². The highest BCUT2D eigenvalue weighted by Gasteiger charge is 2.28. The van der Waals surface area contributed by atoms with Gasteiger partial charge in [0.25, 0.3) is 0 Å². The van der Waals surface area contributed by atoms with Gasteiger partial charge in [0, 0.05) is 11.1 Å². The van der Waals surface area contributed by atoms with Crippen LogP contribution in [0.25, 0.3) is 0 Å². The van der Waals surface area contributed by atoms with Crippen molar-refractivity contribution < 1.29 is 5.11 Å². The third-order valence-electron chi connectivity index (χ3n) is 4.90. The molecule has 0 heterocycles. The summed E-state index contributed by atoms with van der Waals surface area (Å²) >= 11 is 0. The zero-order valence-electron chi connectivity index (χ0n) is 16.0. The molecule has 0 unspecified atom stereocenters. The van der Waals surface area contributed by atoms with E-state index in [2.05, 4.69) is 79.8 Å². The van der Waals surface area contributed by atoms with Crippen molar-refractivity contribution in [3.63, 3.8) is 0 Å². The summed E-state index contributed by atoms with van der Waals surface area (Å²) in [6.07, 6.45) is 2.06. The van der Waals surface area contributed by atoms with Gasteiger partial charge in [-0.2, -0.15) is 0 Å². The van der Waals surface area contributed by atoms with Crippen LogP contribution >= 0.6 is 0 Å². The maximum atomic E-state index is 10.8. The fraction of sp³-hybridized carbons (Fsp3) is 0.700. The van der Waals surface area contributed by atoms with Gasteiger partial charge in [0.15, 0.2) is 0 Å². The smallest absolute Gasteiger partial charge is 0.142 e. The molecule has 2 nitrogen and oxygen atoms in total. The average Bonchev–Trinajstić information content (AvgIpc) is 2.39. The van der Waals surface area contributed by atoms with Crippen LogP contribution in [-0.2, 0) is 10.8 Å². The van der Waals surface area contributed by atoms with Gasteiger partial charge in [0.1, 0.15) is 5.75 Å². The monoisotopic (exact) mass is 305 g/mol. The van der Waals surface area contributed by atoms with Crippen LogP contribution in [-0.4, -0.2) is 10.6 Å². The normalized spacial score (nSPS) is 13.3. The number of rotatable bonds is 5. The quantitative estimate of drug-likeness (QED) is 0.656. The van der Waals surface area contributed by atoms with E-state index in [0.717, 1.165) is 24.1 Å². The Morgan fingerprint density at radius 2 is 1.36 bits per heavy atom. The van der Waals surface area contributed by atoms with E-state index in [1.54, 1.807) is 0 Å². The Morgan fingerprint density at radius 1 is 0.864 bits per heavy atom. The Kier molecular flexibility index (Phi) is 5.26. The van der Waals surface area contributed by atoms with Crippen LogP contribution in [0.4, 0.5) is 5.69 Å². The summed E-state index contributed by atoms with van der Waals surface area (Å²) in [5, 5.41) is 14.3. The minimum Gasteiger partial charge on any atom is -0.505 e. The van der Waals surface area contributed by atoms with Crippen LogP contribution in [0.3, 0.4) is 0 Å². The van der Waals surface area contributed by atoms with Gasteiger partial charge in [-0.3, -0.25) is 0 Å². The molecule has 0 radical (unpaired) electrons. The summed E-state index contributed by atoms with van der Waals surface area (Å²) in [4.78, 5) is 0. The summed E-state index contributed by atoms with van der Waals surface area (Å²) in [6.45, 7) is 19.7. The molecule has 22 heavy (non-hydrogen) atoms. The second-order valence-electron chi connectivity index (χ2n) is 8.77. The maximum Gasteiger partial charge on any atom is 0.142 e. The van der Waals surface area contributed by atoms with Crippen LogP contribution in [0, 0.1) is 0 Å². The molecule has 0 fully saturated rings. The van der Waals surface area contributed by atoms with Gasteiger partial charge in [-0.1, -0.05) is 47.6 Å². The molecule has 2 heteroatoms. The molecule has 0 amide bonds. The molecule has 1 aromatic carbocycles. The van der Waals surface area contributed by atoms with Crippen molar-refractivity contribution in [2.75, 3.05) is 5.32 Å². The molecule has 0 saturated heterocycles. The fourth-order valence-electron chi connectivity index (χ4n) is 2.43. The molecule has 1 rings (SSSR count). The van der Waals surface area contributed by atoms with Crippen molar-refractivity contribution in [1.29, 1.82) is 0 Å². The van der Waals surface area contributed by atoms with Crippen LogP contribution < -0.4 is 5.32 Å². The molecule has 0 spiro atoms. The Morgan fingerprint density at radius 3 is 1.77 bits per heavy atom. The first kappa shape index (κ1) is 18.9. The van der Waals surface area contributed by atoms with E-state index in [9.17, 15) is 5.11 Å². The number of phenolic OH excluding ortho intramolecular Hbond substituents is 1. The highest BCUT2D eigenvalue weighted by atomic mass is 16.3. The van der Waals surface area contributed by atoms with Gasteiger partial charge < -0.3 is 10.4 Å². The molecule has 126 valence electrons. The largest absolute Gasteiger partial charge is 0.505 e. The summed E-state index contributed by atoms with van der Waals surface area (Å²) in [6, 6.07) is 4.33. The van der Waals surface area contributed by atoms with Crippen LogP contribution in [0.15, 0.2) is 12.1 Å². The SMILES string of the molecule is CCC(C)(C)c1cc(NC(C)(C)C)c(O)c(C(C)(C)CC)c1. The zero-order valence-corrected chi connectivity index (χ0v) is 16.0. The first-order valence-corrected chi connectivity index (χ1v) is 8.50. The first-order valence-electron chi connectivity index (χ1n) is 8.50. The Hall–Kier alpha value is -1.18. The predicted octanol–water partition coefficient (Wildman–Crippen LogP) is 5.98. The second kappa shape index (κ2) is 6.14. The molecule has 0 atom stereocenters. The van der Waals surface area contributed by atoms with Crippen molar-refractivity contribution in [2.24, 2.45) is 0 Å². The third kappa shape index (κ3) is 4.18. The van der Waals surface area contributed by atoms with Crippen LogP contribution in [0.5, 0.6) is 5.75 Å². The predicted molar refractivity (Wildman–Crippen MR) is 98.1 cm³/mol. The zero-order chi connectivity index (χ0) is 17.3. The highest BCUT2D eigenvalue weighted by molar-refractivity contribution is 5.64. The highest BCUT2D eigenvalue weighted by Crippen LogP contribution is 2.43. The molecule has 0 aliphatic rings. The van der Waals surface area contributed by atoms with E-state index < -0.39 is 0 Å². The van der Waals surface area contributed by atoms with Crippen LogP contribution in [0.1, 0.15) is 86.3 Å². The molecule has 0 aliphatic heterocycles. The van der Waals surface area contributed by atoms with Crippen molar-refractivity contribution in [3.05, 3.63) is 23.3 Å². The van der Waals surface area contributed by atoms with Crippen molar-refractivity contribution >= 4 is 5.69 Å². The van der Waals surface area contributed by atoms with E-state index >= 15 is 0 Å². The minimum atomic E-state index is -0.0832. The number of hydrogen-bond acceptors (Lipinski definition) is 2. The van der Waals surface area contributed by atoms with E-state index in [0.29, 0.717) is 5.75 Å². The molecule has 0 aliphatic carbocycles. The van der Waals surface area contributed by atoms with Gasteiger partial charge in [-0.25, -0.2) is 0 Å². The first-order chi connectivity index (χ1) is 9.84. The standard InChI is InChI=1S/C20H35NO/c1-10-19(6,7)14-12-15(20(8,9)11-2)17(22)16(13-14)21-18(3,4)5/h12-13,21-22H,10-11H2,1-9H3. The Labute approximate surface area is 137 Å². The van der Waals surface area contributed by atoms with Gasteiger partial charge in [0.2, 0.25) is 0 Å². The number of phenols is 1. The number of benzene rings is 1. The molecular weight excluding hydrogens is 270 g/mol. The van der Waals surface area contributed by atoms with E-state index in [1.165, 1.54) is 5.56 Å². The lowest BCUT2D eigenvalue weighted by atomic mass is 9.75. The third-order valence-corrected chi connectivity index (χ3v) is 4.90. The van der Waals surface area contributed by atoms with E-state index in [1.807, 2.05) is 0 Å². The lowest BCUT2D eigenvalue weighted by molar-refractivity contribution is 0.425. The average molecular weight is 306 g/mol. The molecule has 2 N–H and O–H groups in total. The topological polar surface area (TPSA) is 32.3 Å².